The molecular formula is C17H21FN4O2S. The standard InChI is InChI=1S/C17H21FN4O2S/c1-11(16(23)19-10-14-4-3-9-24-14)25-17-21-20-15(22(17)2)12-5-7-13(18)8-6-12/h5-8,11,14H,3-4,9-10H2,1-2H3,(H,19,23)/t11-,14-/m0/s1. The van der Waals surface area contributed by atoms with Crippen LogP contribution in [-0.2, 0) is 16.6 Å². The molecule has 0 radical (unpaired) electrons. The van der Waals surface area contributed by atoms with Gasteiger partial charge in [-0.2, -0.15) is 0 Å². The molecule has 3 rings (SSSR count). The number of amides is 1. The van der Waals surface area contributed by atoms with Gasteiger partial charge in [-0.05, 0) is 44.0 Å². The first-order chi connectivity index (χ1) is 12.0. The van der Waals surface area contributed by atoms with E-state index in [9.17, 15) is 9.18 Å². The molecule has 2 aromatic rings. The summed E-state index contributed by atoms with van der Waals surface area (Å²) in [6.07, 6.45) is 2.17. The first-order valence-corrected chi connectivity index (χ1v) is 9.14. The van der Waals surface area contributed by atoms with Crippen LogP contribution in [0.15, 0.2) is 29.4 Å². The maximum absolute atomic E-state index is 13.1. The Morgan fingerprint density at radius 2 is 2.20 bits per heavy atom. The fourth-order valence-corrected chi connectivity index (χ4v) is 3.48. The molecule has 1 saturated heterocycles. The van der Waals surface area contributed by atoms with Gasteiger partial charge in [0.25, 0.3) is 0 Å². The van der Waals surface area contributed by atoms with Crippen molar-refractivity contribution in [2.75, 3.05) is 13.2 Å². The molecule has 1 aromatic carbocycles. The largest absolute Gasteiger partial charge is 0.376 e. The third-order valence-corrected chi connectivity index (χ3v) is 5.25. The molecule has 0 spiro atoms. The topological polar surface area (TPSA) is 69.0 Å². The third-order valence-electron chi connectivity index (χ3n) is 4.12. The van der Waals surface area contributed by atoms with Crippen molar-refractivity contribution in [2.45, 2.75) is 36.3 Å². The lowest BCUT2D eigenvalue weighted by Gasteiger charge is -2.14. The second-order valence-electron chi connectivity index (χ2n) is 6.01. The van der Waals surface area contributed by atoms with Gasteiger partial charge in [0.05, 0.1) is 11.4 Å². The van der Waals surface area contributed by atoms with Crippen molar-refractivity contribution in [1.29, 1.82) is 0 Å². The number of aromatic nitrogens is 3. The van der Waals surface area contributed by atoms with E-state index in [0.717, 1.165) is 25.0 Å². The van der Waals surface area contributed by atoms with Crippen LogP contribution >= 0.6 is 11.8 Å². The van der Waals surface area contributed by atoms with Gasteiger partial charge in [-0.1, -0.05) is 11.8 Å². The van der Waals surface area contributed by atoms with E-state index >= 15 is 0 Å². The minimum Gasteiger partial charge on any atom is -0.376 e. The predicted octanol–water partition coefficient (Wildman–Crippen LogP) is 2.40. The second kappa shape index (κ2) is 7.97. The second-order valence-corrected chi connectivity index (χ2v) is 7.32. The van der Waals surface area contributed by atoms with E-state index in [4.69, 9.17) is 4.74 Å². The van der Waals surface area contributed by atoms with E-state index in [1.165, 1.54) is 23.9 Å². The van der Waals surface area contributed by atoms with E-state index in [2.05, 4.69) is 15.5 Å². The van der Waals surface area contributed by atoms with Crippen LogP contribution in [0.3, 0.4) is 0 Å². The molecule has 1 aromatic heterocycles. The summed E-state index contributed by atoms with van der Waals surface area (Å²) in [5, 5.41) is 11.6. The Kier molecular flexibility index (Phi) is 5.70. The van der Waals surface area contributed by atoms with Crippen molar-refractivity contribution < 1.29 is 13.9 Å². The number of carbonyl (C=O) groups excluding carboxylic acids is 1. The first kappa shape index (κ1) is 17.9. The Labute approximate surface area is 150 Å². The molecule has 0 unspecified atom stereocenters. The molecule has 2 heterocycles. The summed E-state index contributed by atoms with van der Waals surface area (Å²) in [5.41, 5.74) is 0.777. The van der Waals surface area contributed by atoms with Gasteiger partial charge in [-0.3, -0.25) is 4.79 Å². The molecule has 8 heteroatoms. The Hall–Kier alpha value is -1.93. The van der Waals surface area contributed by atoms with Crippen LogP contribution in [0.25, 0.3) is 11.4 Å². The zero-order valence-electron chi connectivity index (χ0n) is 14.2. The van der Waals surface area contributed by atoms with Crippen LogP contribution in [-0.4, -0.2) is 45.2 Å². The number of benzene rings is 1. The molecule has 134 valence electrons. The zero-order chi connectivity index (χ0) is 17.8. The highest BCUT2D eigenvalue weighted by atomic mass is 32.2. The van der Waals surface area contributed by atoms with Gasteiger partial charge in [0, 0.05) is 25.8 Å². The van der Waals surface area contributed by atoms with Crippen molar-refractivity contribution >= 4 is 17.7 Å². The highest BCUT2D eigenvalue weighted by Gasteiger charge is 2.21. The Morgan fingerprint density at radius 1 is 1.44 bits per heavy atom. The normalized spacial score (nSPS) is 18.3. The number of rotatable bonds is 6. The highest BCUT2D eigenvalue weighted by molar-refractivity contribution is 8.00. The SMILES string of the molecule is C[C@H](Sc1nnc(-c2ccc(F)cc2)n1C)C(=O)NC[C@@H]1CCCO1. The molecule has 1 amide bonds. The number of hydrogen-bond acceptors (Lipinski definition) is 5. The van der Waals surface area contributed by atoms with Crippen molar-refractivity contribution in [3.8, 4) is 11.4 Å². The summed E-state index contributed by atoms with van der Waals surface area (Å²) in [7, 11) is 1.83. The van der Waals surface area contributed by atoms with Gasteiger partial charge in [0.1, 0.15) is 5.82 Å². The lowest BCUT2D eigenvalue weighted by molar-refractivity contribution is -0.120. The minimum atomic E-state index is -0.301. The van der Waals surface area contributed by atoms with Crippen LogP contribution in [0, 0.1) is 5.82 Å². The predicted molar refractivity (Wildman–Crippen MR) is 93.7 cm³/mol. The Morgan fingerprint density at radius 3 is 2.88 bits per heavy atom. The zero-order valence-corrected chi connectivity index (χ0v) is 15.1. The molecule has 6 nitrogen and oxygen atoms in total. The number of nitrogens with zero attached hydrogens (tertiary/aromatic N) is 3. The number of halogens is 1. The quantitative estimate of drug-likeness (QED) is 0.797. The summed E-state index contributed by atoms with van der Waals surface area (Å²) in [5.74, 6) is 0.290. The Bertz CT molecular complexity index is 729. The van der Waals surface area contributed by atoms with Gasteiger partial charge in [-0.25, -0.2) is 4.39 Å². The third kappa shape index (κ3) is 4.38. The van der Waals surface area contributed by atoms with Gasteiger partial charge < -0.3 is 14.6 Å². The molecule has 1 fully saturated rings. The van der Waals surface area contributed by atoms with E-state index < -0.39 is 0 Å². The maximum Gasteiger partial charge on any atom is 0.233 e. The summed E-state index contributed by atoms with van der Waals surface area (Å²) in [4.78, 5) is 12.2. The minimum absolute atomic E-state index is 0.0492. The fourth-order valence-electron chi connectivity index (χ4n) is 2.64. The molecule has 0 aliphatic carbocycles. The summed E-state index contributed by atoms with van der Waals surface area (Å²) in [6, 6.07) is 6.09. The summed E-state index contributed by atoms with van der Waals surface area (Å²) >= 11 is 1.34. The van der Waals surface area contributed by atoms with Crippen LogP contribution in [0.4, 0.5) is 4.39 Å². The number of thioether (sulfide) groups is 1. The lowest BCUT2D eigenvalue weighted by atomic mass is 10.2. The molecule has 1 N–H and O–H groups in total. The maximum atomic E-state index is 13.1. The van der Waals surface area contributed by atoms with Crippen LogP contribution in [0.2, 0.25) is 0 Å². The lowest BCUT2D eigenvalue weighted by Crippen LogP contribution is -2.36. The van der Waals surface area contributed by atoms with Crippen LogP contribution < -0.4 is 5.32 Å². The highest BCUT2D eigenvalue weighted by Crippen LogP contribution is 2.25. The number of hydrogen-bond donors (Lipinski definition) is 1. The summed E-state index contributed by atoms with van der Waals surface area (Å²) in [6.45, 7) is 3.15. The van der Waals surface area contributed by atoms with Crippen LogP contribution in [0.5, 0.6) is 0 Å². The average molecular weight is 364 g/mol. The van der Waals surface area contributed by atoms with Crippen molar-refractivity contribution in [2.24, 2.45) is 7.05 Å². The number of nitrogens with one attached hydrogen (secondary N) is 1. The molecule has 1 aliphatic rings. The Balaban J connectivity index is 1.60. The molecule has 0 bridgehead atoms. The van der Waals surface area contributed by atoms with E-state index in [1.54, 1.807) is 12.1 Å². The smallest absolute Gasteiger partial charge is 0.233 e. The molecule has 1 aliphatic heterocycles. The molecule has 25 heavy (non-hydrogen) atoms. The molecular weight excluding hydrogens is 343 g/mol. The molecule has 2 atom stereocenters. The first-order valence-electron chi connectivity index (χ1n) is 8.26. The fraction of sp³-hybridized carbons (Fsp3) is 0.471. The molecule has 0 saturated carbocycles. The van der Waals surface area contributed by atoms with E-state index in [-0.39, 0.29) is 23.1 Å². The van der Waals surface area contributed by atoms with Crippen molar-refractivity contribution in [1.82, 2.24) is 20.1 Å². The van der Waals surface area contributed by atoms with E-state index in [1.807, 2.05) is 18.5 Å². The van der Waals surface area contributed by atoms with Crippen molar-refractivity contribution in [3.63, 3.8) is 0 Å². The van der Waals surface area contributed by atoms with Gasteiger partial charge >= 0.3 is 0 Å². The van der Waals surface area contributed by atoms with Crippen molar-refractivity contribution in [3.05, 3.63) is 30.1 Å². The number of ether oxygens (including phenoxy) is 1. The summed E-state index contributed by atoms with van der Waals surface area (Å²) < 4.78 is 20.4. The monoisotopic (exact) mass is 364 g/mol. The van der Waals surface area contributed by atoms with Gasteiger partial charge in [0.15, 0.2) is 11.0 Å². The van der Waals surface area contributed by atoms with Gasteiger partial charge in [-0.15, -0.1) is 10.2 Å². The van der Waals surface area contributed by atoms with Crippen LogP contribution in [0.1, 0.15) is 19.8 Å². The van der Waals surface area contributed by atoms with E-state index in [0.29, 0.717) is 17.5 Å². The average Bonchev–Trinajstić information content (AvgIpc) is 3.24. The number of carbonyl (C=O) groups is 1. The van der Waals surface area contributed by atoms with Gasteiger partial charge in [0.2, 0.25) is 5.91 Å².